The van der Waals surface area contributed by atoms with Gasteiger partial charge in [-0.15, -0.1) is 0 Å². The maximum absolute atomic E-state index is 12.7. The largest absolute Gasteiger partial charge is 0.544 e. The van der Waals surface area contributed by atoms with Gasteiger partial charge in [0.2, 0.25) is 0 Å². The van der Waals surface area contributed by atoms with E-state index in [4.69, 9.17) is 35.3 Å². The number of carbonyl (C=O) groups is 2. The van der Waals surface area contributed by atoms with Crippen LogP contribution in [0.2, 0.25) is 5.02 Å². The van der Waals surface area contributed by atoms with E-state index in [0.717, 1.165) is 33.4 Å². The molecule has 4 heterocycles. The van der Waals surface area contributed by atoms with Crippen molar-refractivity contribution in [3.63, 3.8) is 0 Å². The monoisotopic (exact) mass is 770 g/mol. The number of carbonyl (C=O) groups excluding carboxylic acids is 2. The number of quaternary nitrogens is 2. The molecule has 4 aromatic carbocycles. The van der Waals surface area contributed by atoms with Crippen molar-refractivity contribution < 1.29 is 52.5 Å². The van der Waals surface area contributed by atoms with Gasteiger partial charge in [0.05, 0.1) is 66.0 Å². The molecule has 6 unspecified atom stereocenters. The first kappa shape index (κ1) is 38.3. The van der Waals surface area contributed by atoms with Crippen molar-refractivity contribution in [3.8, 4) is 40.2 Å². The summed E-state index contributed by atoms with van der Waals surface area (Å²) in [5.74, 6) is 0.979. The Bertz CT molecular complexity index is 2160. The fraction of sp³-hybridized carbons (Fsp3) is 0.395. The van der Waals surface area contributed by atoms with Gasteiger partial charge >= 0.3 is 0 Å². The molecular weight excluding hydrogens is 724 g/mol. The molecule has 4 aliphatic heterocycles. The highest BCUT2D eigenvalue weighted by atomic mass is 35.5. The summed E-state index contributed by atoms with van der Waals surface area (Å²) >= 11 is 7.24. The normalized spacial score (nSPS) is 23.8. The first-order chi connectivity index (χ1) is 26.2. The van der Waals surface area contributed by atoms with Gasteiger partial charge in [0.1, 0.15) is 40.7 Å². The third-order valence-electron chi connectivity index (χ3n) is 12.7. The Morgan fingerprint density at radius 2 is 1.25 bits per heavy atom. The molecule has 0 saturated carbocycles. The summed E-state index contributed by atoms with van der Waals surface area (Å²) in [6.45, 7) is 4.45. The van der Waals surface area contributed by atoms with Crippen LogP contribution in [0.15, 0.2) is 60.7 Å². The number of hydrogen-bond acceptors (Lipinski definition) is 9. The zero-order chi connectivity index (χ0) is 39.4. The molecular formula is C43H47ClN2O9. The number of aliphatic carboxylic acids is 2. The highest BCUT2D eigenvalue weighted by Gasteiger charge is 2.47. The van der Waals surface area contributed by atoms with Crippen LogP contribution < -0.4 is 33.9 Å². The number of likely N-dealkylation sites (N-methyl/N-ethyl adjacent to an activating group) is 2. The van der Waals surface area contributed by atoms with Gasteiger partial charge in [0, 0.05) is 31.2 Å². The van der Waals surface area contributed by atoms with Crippen molar-refractivity contribution in [2.75, 3.05) is 48.5 Å². The minimum atomic E-state index is -1.16. The maximum Gasteiger partial charge on any atom is 0.169 e. The average molecular weight is 771 g/mol. The third-order valence-corrected chi connectivity index (χ3v) is 13.1. The molecule has 0 fully saturated rings. The number of carboxylic acids is 2. The van der Waals surface area contributed by atoms with Gasteiger partial charge in [-0.3, -0.25) is 0 Å². The van der Waals surface area contributed by atoms with Crippen LogP contribution >= 0.6 is 11.6 Å². The second-order valence-corrected chi connectivity index (χ2v) is 15.8. The number of carboxylic acid groups (broad SMARTS) is 2. The van der Waals surface area contributed by atoms with E-state index in [1.165, 1.54) is 0 Å². The number of hydrogen-bond donors (Lipinski definition) is 0. The minimum absolute atomic E-state index is 0.110. The van der Waals surface area contributed by atoms with Crippen LogP contribution in [0.3, 0.4) is 0 Å². The molecule has 0 saturated heterocycles. The number of fused-ring (bicyclic) bond motifs is 2. The Labute approximate surface area is 326 Å². The highest BCUT2D eigenvalue weighted by molar-refractivity contribution is 6.33. The molecule has 0 N–H and O–H groups in total. The first-order valence-corrected chi connectivity index (χ1v) is 18.9. The van der Waals surface area contributed by atoms with Crippen molar-refractivity contribution in [1.82, 2.24) is 0 Å². The summed E-state index contributed by atoms with van der Waals surface area (Å²) in [6.07, 6.45) is 2.04. The third kappa shape index (κ3) is 6.62. The lowest BCUT2D eigenvalue weighted by atomic mass is 9.84. The second kappa shape index (κ2) is 14.6. The molecule has 290 valence electrons. The quantitative estimate of drug-likeness (QED) is 0.236. The van der Waals surface area contributed by atoms with E-state index in [1.54, 1.807) is 35.2 Å². The molecule has 0 amide bonds. The molecule has 0 radical (unpaired) electrons. The summed E-state index contributed by atoms with van der Waals surface area (Å²) in [4.78, 5) is 25.2. The van der Waals surface area contributed by atoms with E-state index < -0.39 is 30.1 Å². The van der Waals surface area contributed by atoms with Crippen LogP contribution in [-0.4, -0.2) is 81.5 Å². The molecule has 0 aromatic heterocycles. The molecule has 0 spiro atoms. The van der Waals surface area contributed by atoms with E-state index in [0.29, 0.717) is 79.0 Å². The molecule has 8 rings (SSSR count). The maximum atomic E-state index is 12.7. The van der Waals surface area contributed by atoms with Gasteiger partial charge in [-0.1, -0.05) is 29.8 Å². The van der Waals surface area contributed by atoms with E-state index in [2.05, 4.69) is 0 Å². The van der Waals surface area contributed by atoms with Crippen LogP contribution in [0.5, 0.6) is 40.2 Å². The predicted octanol–water partition coefficient (Wildman–Crippen LogP) is 5.11. The van der Waals surface area contributed by atoms with Gasteiger partial charge in [0.15, 0.2) is 28.7 Å². The van der Waals surface area contributed by atoms with Crippen molar-refractivity contribution in [2.24, 2.45) is 0 Å². The standard InChI is InChI=1S/C43H47ClN2O9/c1-24(42(47)48)45(3)16-14-28-21-35(52-6)37-23-31(28)32(45)18-26-8-11-30(12-9-26)54-36-20-27(10-13-34(36)51-5)19-33-39-29(15-17-46(33,4)25(2)43(49)50)22-38(53-7)40(44)41(39)55-37/h8-13,20-25,32-33H,14-19H2,1-7H3. The molecule has 55 heavy (non-hydrogen) atoms. The number of halogens is 1. The van der Waals surface area contributed by atoms with Crippen molar-refractivity contribution >= 4 is 23.5 Å². The Morgan fingerprint density at radius 3 is 1.87 bits per heavy atom. The van der Waals surface area contributed by atoms with E-state index in [-0.39, 0.29) is 20.0 Å². The summed E-state index contributed by atoms with van der Waals surface area (Å²) in [5, 5.41) is 25.5. The number of nitrogens with zero attached hydrogens (tertiary/aromatic N) is 2. The second-order valence-electron chi connectivity index (χ2n) is 15.4. The summed E-state index contributed by atoms with van der Waals surface area (Å²) in [5.41, 5.74) is 5.50. The SMILES string of the molecule is COc1ccc2cc1Oc1ccc(cc1)CC1c3cc(c(OC)cc3CC[N+]1(C)C(C)C(=O)[O-])Oc1c(Cl)c(OC)cc3c1C(C2)[N+](C)(C(C)C(=O)[O-])CC3. The smallest absolute Gasteiger partial charge is 0.169 e. The van der Waals surface area contributed by atoms with E-state index in [9.17, 15) is 19.8 Å². The van der Waals surface area contributed by atoms with E-state index >= 15 is 0 Å². The zero-order valence-electron chi connectivity index (χ0n) is 32.3. The summed E-state index contributed by atoms with van der Waals surface area (Å²) in [6, 6.07) is 16.9. The molecule has 4 aromatic rings. The van der Waals surface area contributed by atoms with Gasteiger partial charge in [-0.2, -0.15) is 0 Å². The van der Waals surface area contributed by atoms with Crippen LogP contribution in [0, 0.1) is 0 Å². The fourth-order valence-corrected chi connectivity index (χ4v) is 9.14. The Hall–Kier alpha value is -4.97. The van der Waals surface area contributed by atoms with E-state index in [1.807, 2.05) is 74.8 Å². The molecule has 11 nitrogen and oxygen atoms in total. The number of rotatable bonds is 7. The van der Waals surface area contributed by atoms with Crippen molar-refractivity contribution in [3.05, 3.63) is 99.1 Å². The average Bonchev–Trinajstić information content (AvgIpc) is 3.17. The van der Waals surface area contributed by atoms with Gasteiger partial charge in [-0.05, 0) is 78.6 Å². The molecule has 0 aliphatic carbocycles. The fourth-order valence-electron chi connectivity index (χ4n) is 8.87. The molecule has 12 heteroatoms. The van der Waals surface area contributed by atoms with Crippen molar-refractivity contribution in [2.45, 2.75) is 63.7 Å². The summed E-state index contributed by atoms with van der Waals surface area (Å²) < 4.78 is 31.2. The molecule has 6 atom stereocenters. The zero-order valence-corrected chi connectivity index (χ0v) is 33.0. The topological polar surface area (TPSA) is 126 Å². The van der Waals surface area contributed by atoms with Crippen LogP contribution in [0.1, 0.15) is 59.3 Å². The van der Waals surface area contributed by atoms with Crippen LogP contribution in [0.25, 0.3) is 0 Å². The number of ether oxygens (including phenoxy) is 5. The first-order valence-electron chi connectivity index (χ1n) is 18.6. The Balaban J connectivity index is 1.52. The van der Waals surface area contributed by atoms with Gasteiger partial charge in [0.25, 0.3) is 0 Å². The Morgan fingerprint density at radius 1 is 0.709 bits per heavy atom. The van der Waals surface area contributed by atoms with Gasteiger partial charge in [-0.25, -0.2) is 0 Å². The lowest BCUT2D eigenvalue weighted by Crippen LogP contribution is -2.62. The Kier molecular flexibility index (Phi) is 10.2. The lowest BCUT2D eigenvalue weighted by Gasteiger charge is -2.50. The minimum Gasteiger partial charge on any atom is -0.544 e. The molecule has 4 aliphatic rings. The summed E-state index contributed by atoms with van der Waals surface area (Å²) in [7, 11) is 8.62. The number of benzene rings is 4. The number of methoxy groups -OCH3 is 3. The van der Waals surface area contributed by atoms with Crippen molar-refractivity contribution in [1.29, 1.82) is 0 Å². The van der Waals surface area contributed by atoms with Gasteiger partial charge < -0.3 is 52.5 Å². The molecule has 6 bridgehead atoms. The van der Waals surface area contributed by atoms with Crippen LogP contribution in [0.4, 0.5) is 0 Å². The lowest BCUT2D eigenvalue weighted by molar-refractivity contribution is -0.956. The predicted molar refractivity (Wildman–Crippen MR) is 202 cm³/mol. The highest BCUT2D eigenvalue weighted by Crippen LogP contribution is 2.53. The van der Waals surface area contributed by atoms with Crippen LogP contribution in [-0.2, 0) is 35.3 Å².